The third kappa shape index (κ3) is 5.53. The van der Waals surface area contributed by atoms with E-state index in [-0.39, 0.29) is 16.9 Å². The number of nitrogens with one attached hydrogen (secondary N) is 1. The largest absolute Gasteiger partial charge is 0.319 e. The number of nitrogens with zero attached hydrogens (tertiary/aromatic N) is 3. The van der Waals surface area contributed by atoms with Crippen LogP contribution in [0.15, 0.2) is 58.5 Å². The zero-order chi connectivity index (χ0) is 23.1. The lowest BCUT2D eigenvalue weighted by atomic mass is 10.2. The van der Waals surface area contributed by atoms with Gasteiger partial charge in [-0.2, -0.15) is 0 Å². The zero-order valence-corrected chi connectivity index (χ0v) is 18.9. The van der Waals surface area contributed by atoms with Crippen molar-refractivity contribution in [3.63, 3.8) is 0 Å². The molecular formula is C23H26N4O4S. The fourth-order valence-corrected chi connectivity index (χ4v) is 4.25. The van der Waals surface area contributed by atoms with E-state index < -0.39 is 16.1 Å². The van der Waals surface area contributed by atoms with Crippen LogP contribution in [-0.2, 0) is 11.3 Å². The van der Waals surface area contributed by atoms with Gasteiger partial charge in [0.05, 0.1) is 21.1 Å². The Balaban J connectivity index is 1.85. The number of unbranched alkanes of at least 4 members (excludes halogenated alkanes) is 3. The van der Waals surface area contributed by atoms with E-state index in [1.54, 1.807) is 35.8 Å². The Morgan fingerprint density at radius 2 is 1.88 bits per heavy atom. The van der Waals surface area contributed by atoms with E-state index in [4.69, 9.17) is 0 Å². The first kappa shape index (κ1) is 23.5. The van der Waals surface area contributed by atoms with Crippen LogP contribution >= 0.6 is 11.8 Å². The van der Waals surface area contributed by atoms with Crippen molar-refractivity contribution in [3.05, 3.63) is 69.0 Å². The number of carbonyl (C=O) groups excluding carboxylic acids is 1. The third-order valence-electron chi connectivity index (χ3n) is 5.07. The number of amides is 1. The summed E-state index contributed by atoms with van der Waals surface area (Å²) in [5, 5.41) is 14.2. The second-order valence-corrected chi connectivity index (χ2v) is 8.76. The SMILES string of the molecule is CCCCCCn1c(SC(C)C(=O)Nc2ccccc2[N+](=O)[O-])nc2ccccc2c1=O. The van der Waals surface area contributed by atoms with Gasteiger partial charge in [0.15, 0.2) is 5.16 Å². The van der Waals surface area contributed by atoms with Gasteiger partial charge in [-0.15, -0.1) is 0 Å². The van der Waals surface area contributed by atoms with E-state index in [0.717, 1.165) is 25.7 Å². The minimum Gasteiger partial charge on any atom is -0.319 e. The molecule has 0 bridgehead atoms. The predicted octanol–water partition coefficient (Wildman–Crippen LogP) is 5.00. The first-order valence-corrected chi connectivity index (χ1v) is 11.5. The molecule has 32 heavy (non-hydrogen) atoms. The van der Waals surface area contributed by atoms with Crippen LogP contribution in [0.4, 0.5) is 11.4 Å². The molecule has 2 aromatic carbocycles. The van der Waals surface area contributed by atoms with E-state index in [9.17, 15) is 19.7 Å². The summed E-state index contributed by atoms with van der Waals surface area (Å²) in [5.41, 5.74) is 0.421. The fraction of sp³-hybridized carbons (Fsp3) is 0.348. The molecule has 0 saturated heterocycles. The standard InChI is InChI=1S/C23H26N4O4S/c1-3-4-5-10-15-26-22(29)17-11-6-7-12-18(17)25-23(26)32-16(2)21(28)24-19-13-8-9-14-20(19)27(30)31/h6-9,11-14,16H,3-5,10,15H2,1-2H3,(H,24,28). The number of benzene rings is 2. The number of anilines is 1. The molecule has 1 unspecified atom stereocenters. The van der Waals surface area contributed by atoms with Crippen molar-refractivity contribution in [2.45, 2.75) is 56.5 Å². The Hall–Kier alpha value is -3.20. The Labute approximate surface area is 190 Å². The molecule has 1 amide bonds. The number of nitro groups is 1. The number of fused-ring (bicyclic) bond motifs is 1. The molecule has 1 atom stereocenters. The number of hydrogen-bond donors (Lipinski definition) is 1. The molecule has 3 rings (SSSR count). The van der Waals surface area contributed by atoms with Crippen molar-refractivity contribution < 1.29 is 9.72 Å². The summed E-state index contributed by atoms with van der Waals surface area (Å²) < 4.78 is 1.64. The first-order valence-electron chi connectivity index (χ1n) is 10.6. The van der Waals surface area contributed by atoms with Crippen molar-refractivity contribution in [2.24, 2.45) is 0 Å². The maximum absolute atomic E-state index is 13.1. The van der Waals surface area contributed by atoms with E-state index in [0.29, 0.717) is 22.6 Å². The van der Waals surface area contributed by atoms with E-state index in [1.165, 1.54) is 23.9 Å². The minimum absolute atomic E-state index is 0.124. The van der Waals surface area contributed by atoms with Crippen LogP contribution in [0.1, 0.15) is 39.5 Å². The number of para-hydroxylation sites is 3. The Morgan fingerprint density at radius 1 is 1.16 bits per heavy atom. The first-order chi connectivity index (χ1) is 15.4. The molecule has 168 valence electrons. The molecular weight excluding hydrogens is 428 g/mol. The van der Waals surface area contributed by atoms with Gasteiger partial charge in [0.2, 0.25) is 5.91 Å². The minimum atomic E-state index is -0.621. The molecule has 1 aromatic heterocycles. The number of rotatable bonds is 10. The topological polar surface area (TPSA) is 107 Å². The quantitative estimate of drug-likeness (QED) is 0.152. The van der Waals surface area contributed by atoms with Crippen molar-refractivity contribution >= 4 is 39.9 Å². The Bertz CT molecular complexity index is 1180. The maximum atomic E-state index is 13.1. The molecule has 3 aromatic rings. The zero-order valence-electron chi connectivity index (χ0n) is 18.1. The van der Waals surface area contributed by atoms with Gasteiger partial charge in [0.25, 0.3) is 11.2 Å². The van der Waals surface area contributed by atoms with Crippen molar-refractivity contribution in [1.82, 2.24) is 9.55 Å². The maximum Gasteiger partial charge on any atom is 0.292 e. The number of thioether (sulfide) groups is 1. The lowest BCUT2D eigenvalue weighted by Crippen LogP contribution is -2.27. The van der Waals surface area contributed by atoms with Crippen molar-refractivity contribution in [2.75, 3.05) is 5.32 Å². The number of nitro benzene ring substituents is 1. The molecule has 8 nitrogen and oxygen atoms in total. The van der Waals surface area contributed by atoms with Gasteiger partial charge in [-0.3, -0.25) is 24.3 Å². The van der Waals surface area contributed by atoms with E-state index >= 15 is 0 Å². The fourth-order valence-electron chi connectivity index (χ4n) is 3.32. The smallest absolute Gasteiger partial charge is 0.292 e. The molecule has 0 spiro atoms. The lowest BCUT2D eigenvalue weighted by Gasteiger charge is -2.16. The van der Waals surface area contributed by atoms with Crippen LogP contribution in [-0.4, -0.2) is 25.6 Å². The molecule has 1 heterocycles. The summed E-state index contributed by atoms with van der Waals surface area (Å²) in [4.78, 5) is 41.2. The highest BCUT2D eigenvalue weighted by Gasteiger charge is 2.22. The highest BCUT2D eigenvalue weighted by atomic mass is 32.2. The summed E-state index contributed by atoms with van der Waals surface area (Å²) in [7, 11) is 0. The van der Waals surface area contributed by atoms with Gasteiger partial charge in [0, 0.05) is 12.6 Å². The molecule has 0 aliphatic heterocycles. The molecule has 9 heteroatoms. The van der Waals surface area contributed by atoms with Gasteiger partial charge in [-0.05, 0) is 31.5 Å². The van der Waals surface area contributed by atoms with Gasteiger partial charge in [-0.1, -0.05) is 62.2 Å². The highest BCUT2D eigenvalue weighted by molar-refractivity contribution is 8.00. The van der Waals surface area contributed by atoms with E-state index in [1.807, 2.05) is 12.1 Å². The summed E-state index contributed by atoms with van der Waals surface area (Å²) in [6.07, 6.45) is 4.04. The third-order valence-corrected chi connectivity index (χ3v) is 6.16. The van der Waals surface area contributed by atoms with Crippen LogP contribution in [0.25, 0.3) is 10.9 Å². The highest BCUT2D eigenvalue weighted by Crippen LogP contribution is 2.27. The summed E-state index contributed by atoms with van der Waals surface area (Å²) >= 11 is 1.17. The van der Waals surface area contributed by atoms with Crippen molar-refractivity contribution in [1.29, 1.82) is 0 Å². The van der Waals surface area contributed by atoms with Gasteiger partial charge < -0.3 is 5.32 Å². The number of hydrogen-bond acceptors (Lipinski definition) is 6. The number of carbonyl (C=O) groups is 1. The monoisotopic (exact) mass is 454 g/mol. The second kappa shape index (κ2) is 10.9. The average Bonchev–Trinajstić information content (AvgIpc) is 2.78. The molecule has 0 aliphatic rings. The predicted molar refractivity (Wildman–Crippen MR) is 127 cm³/mol. The molecule has 1 N–H and O–H groups in total. The van der Waals surface area contributed by atoms with Crippen LogP contribution in [0.2, 0.25) is 0 Å². The van der Waals surface area contributed by atoms with Crippen LogP contribution in [0, 0.1) is 10.1 Å². The molecule has 0 saturated carbocycles. The molecule has 0 fully saturated rings. The van der Waals surface area contributed by atoms with Gasteiger partial charge in [0.1, 0.15) is 5.69 Å². The Kier molecular flexibility index (Phi) is 7.99. The van der Waals surface area contributed by atoms with Crippen LogP contribution < -0.4 is 10.9 Å². The lowest BCUT2D eigenvalue weighted by molar-refractivity contribution is -0.383. The van der Waals surface area contributed by atoms with E-state index in [2.05, 4.69) is 17.2 Å². The summed E-state index contributed by atoms with van der Waals surface area (Å²) in [6, 6.07) is 13.2. The van der Waals surface area contributed by atoms with Gasteiger partial charge in [-0.25, -0.2) is 4.98 Å². The van der Waals surface area contributed by atoms with Crippen LogP contribution in [0.3, 0.4) is 0 Å². The normalized spacial score (nSPS) is 11.9. The van der Waals surface area contributed by atoms with Gasteiger partial charge >= 0.3 is 0 Å². The average molecular weight is 455 g/mol. The summed E-state index contributed by atoms with van der Waals surface area (Å²) in [6.45, 7) is 4.34. The van der Waals surface area contributed by atoms with Crippen LogP contribution in [0.5, 0.6) is 0 Å². The number of aromatic nitrogens is 2. The van der Waals surface area contributed by atoms with Crippen molar-refractivity contribution in [3.8, 4) is 0 Å². The second-order valence-electron chi connectivity index (χ2n) is 7.45. The Morgan fingerprint density at radius 3 is 2.62 bits per heavy atom. The molecule has 0 aliphatic carbocycles. The summed E-state index contributed by atoms with van der Waals surface area (Å²) in [5.74, 6) is -0.399. The molecule has 0 radical (unpaired) electrons.